The molecular formula is C19H26N2O2S. The second kappa shape index (κ2) is 8.31. The van der Waals surface area contributed by atoms with E-state index in [1.165, 1.54) is 22.5 Å². The average molecular weight is 346 g/mol. The Balaban J connectivity index is 1.93. The van der Waals surface area contributed by atoms with Gasteiger partial charge in [-0.15, -0.1) is 11.3 Å². The summed E-state index contributed by atoms with van der Waals surface area (Å²) in [6.07, 6.45) is 0. The van der Waals surface area contributed by atoms with Gasteiger partial charge in [-0.2, -0.15) is 0 Å². The molecule has 1 aromatic carbocycles. The number of benzene rings is 1. The van der Waals surface area contributed by atoms with Crippen LogP contribution in [0.4, 0.5) is 0 Å². The van der Waals surface area contributed by atoms with Gasteiger partial charge in [0.05, 0.1) is 4.88 Å². The lowest BCUT2D eigenvalue weighted by molar-refractivity contribution is 0.0955. The van der Waals surface area contributed by atoms with E-state index in [-0.39, 0.29) is 5.91 Å². The molecule has 24 heavy (non-hydrogen) atoms. The maximum atomic E-state index is 12.1. The van der Waals surface area contributed by atoms with Crippen molar-refractivity contribution in [2.24, 2.45) is 0 Å². The smallest absolute Gasteiger partial charge is 0.261 e. The normalized spacial score (nSPS) is 10.9. The molecule has 2 aromatic rings. The van der Waals surface area contributed by atoms with Crippen LogP contribution in [0, 0.1) is 20.8 Å². The number of thiophene rings is 1. The summed E-state index contributed by atoms with van der Waals surface area (Å²) < 4.78 is 5.96. The molecule has 2 rings (SSSR count). The van der Waals surface area contributed by atoms with E-state index >= 15 is 0 Å². The first-order valence-corrected chi connectivity index (χ1v) is 8.95. The van der Waals surface area contributed by atoms with Crippen LogP contribution >= 0.6 is 11.3 Å². The summed E-state index contributed by atoms with van der Waals surface area (Å²) in [6, 6.07) is 6.13. The molecule has 0 saturated heterocycles. The first-order chi connectivity index (χ1) is 11.4. The van der Waals surface area contributed by atoms with Gasteiger partial charge in [0.25, 0.3) is 5.91 Å². The third kappa shape index (κ3) is 5.08. The van der Waals surface area contributed by atoms with E-state index in [0.717, 1.165) is 28.3 Å². The highest BCUT2D eigenvalue weighted by molar-refractivity contribution is 7.12. The van der Waals surface area contributed by atoms with E-state index in [0.29, 0.717) is 13.2 Å². The molecule has 0 aliphatic heterocycles. The van der Waals surface area contributed by atoms with Crippen molar-refractivity contribution in [1.82, 2.24) is 10.2 Å². The fourth-order valence-corrected chi connectivity index (χ4v) is 3.18. The Hall–Kier alpha value is -1.85. The molecule has 0 atom stereocenters. The SMILES string of the molecule is Cc1cc(C)c(C)c(OCc2csc(C(=O)NCCN(C)C)c2)c1. The predicted octanol–water partition coefficient (Wildman–Crippen LogP) is 3.54. The van der Waals surface area contributed by atoms with Crippen LogP contribution in [0.15, 0.2) is 23.6 Å². The molecule has 4 nitrogen and oxygen atoms in total. The number of aryl methyl sites for hydroxylation is 2. The van der Waals surface area contributed by atoms with Crippen molar-refractivity contribution in [1.29, 1.82) is 0 Å². The predicted molar refractivity (Wildman–Crippen MR) is 100 cm³/mol. The summed E-state index contributed by atoms with van der Waals surface area (Å²) in [6.45, 7) is 8.19. The van der Waals surface area contributed by atoms with E-state index in [9.17, 15) is 4.79 Å². The van der Waals surface area contributed by atoms with Gasteiger partial charge < -0.3 is 15.0 Å². The lowest BCUT2D eigenvalue weighted by atomic mass is 10.1. The Bertz CT molecular complexity index is 707. The fourth-order valence-electron chi connectivity index (χ4n) is 2.36. The van der Waals surface area contributed by atoms with E-state index in [1.807, 2.05) is 30.4 Å². The van der Waals surface area contributed by atoms with Crippen LogP contribution < -0.4 is 10.1 Å². The minimum atomic E-state index is -0.0179. The summed E-state index contributed by atoms with van der Waals surface area (Å²) in [7, 11) is 3.98. The minimum Gasteiger partial charge on any atom is -0.489 e. The number of carbonyl (C=O) groups is 1. The molecule has 0 aliphatic carbocycles. The van der Waals surface area contributed by atoms with Crippen molar-refractivity contribution in [2.45, 2.75) is 27.4 Å². The van der Waals surface area contributed by atoms with Gasteiger partial charge in [-0.05, 0) is 69.1 Å². The first kappa shape index (κ1) is 18.5. The van der Waals surface area contributed by atoms with Crippen molar-refractivity contribution >= 4 is 17.2 Å². The Kier molecular flexibility index (Phi) is 6.40. The molecule has 0 bridgehead atoms. The van der Waals surface area contributed by atoms with Gasteiger partial charge in [0.1, 0.15) is 12.4 Å². The Morgan fingerprint density at radius 1 is 1.21 bits per heavy atom. The van der Waals surface area contributed by atoms with Crippen molar-refractivity contribution < 1.29 is 9.53 Å². The van der Waals surface area contributed by atoms with Crippen LogP contribution in [0.3, 0.4) is 0 Å². The second-order valence-corrected chi connectivity index (χ2v) is 7.28. The van der Waals surface area contributed by atoms with Crippen molar-refractivity contribution in [2.75, 3.05) is 27.2 Å². The number of ether oxygens (including phenoxy) is 1. The number of nitrogens with one attached hydrogen (secondary N) is 1. The summed E-state index contributed by atoms with van der Waals surface area (Å²) in [4.78, 5) is 14.9. The van der Waals surface area contributed by atoms with Crippen molar-refractivity contribution in [3.8, 4) is 5.75 Å². The van der Waals surface area contributed by atoms with Crippen LogP contribution in [0.2, 0.25) is 0 Å². The number of amides is 1. The molecule has 0 aliphatic rings. The fraction of sp³-hybridized carbons (Fsp3) is 0.421. The molecular weight excluding hydrogens is 320 g/mol. The Morgan fingerprint density at radius 3 is 2.67 bits per heavy atom. The molecule has 1 N–H and O–H groups in total. The molecule has 1 heterocycles. The number of hydrogen-bond donors (Lipinski definition) is 1. The molecule has 5 heteroatoms. The number of nitrogens with zero attached hydrogens (tertiary/aromatic N) is 1. The largest absolute Gasteiger partial charge is 0.489 e. The van der Waals surface area contributed by atoms with Crippen LogP contribution in [0.5, 0.6) is 5.75 Å². The highest BCUT2D eigenvalue weighted by Crippen LogP contribution is 2.25. The minimum absolute atomic E-state index is 0.0179. The van der Waals surface area contributed by atoms with E-state index in [2.05, 4.69) is 38.2 Å². The monoisotopic (exact) mass is 346 g/mol. The average Bonchev–Trinajstić information content (AvgIpc) is 2.98. The summed E-state index contributed by atoms with van der Waals surface area (Å²) in [5.74, 6) is 0.895. The van der Waals surface area contributed by atoms with Crippen molar-refractivity contribution in [3.05, 3.63) is 50.7 Å². The Morgan fingerprint density at radius 2 is 1.96 bits per heavy atom. The molecule has 0 unspecified atom stereocenters. The van der Waals surface area contributed by atoms with Crippen LogP contribution in [0.1, 0.15) is 31.9 Å². The van der Waals surface area contributed by atoms with Gasteiger partial charge in [0.2, 0.25) is 0 Å². The molecule has 130 valence electrons. The molecule has 1 aromatic heterocycles. The van der Waals surface area contributed by atoms with Crippen LogP contribution in [-0.4, -0.2) is 38.0 Å². The van der Waals surface area contributed by atoms with Crippen molar-refractivity contribution in [3.63, 3.8) is 0 Å². The topological polar surface area (TPSA) is 41.6 Å². The zero-order valence-corrected chi connectivity index (χ0v) is 15.9. The lowest BCUT2D eigenvalue weighted by Crippen LogP contribution is -2.30. The molecule has 0 radical (unpaired) electrons. The number of hydrogen-bond acceptors (Lipinski definition) is 4. The molecule has 0 fully saturated rings. The maximum absolute atomic E-state index is 12.1. The summed E-state index contributed by atoms with van der Waals surface area (Å²) >= 11 is 1.46. The number of likely N-dealkylation sites (N-methyl/N-ethyl adjacent to an activating group) is 1. The van der Waals surface area contributed by atoms with Gasteiger partial charge in [0, 0.05) is 18.7 Å². The highest BCUT2D eigenvalue weighted by Gasteiger charge is 2.10. The van der Waals surface area contributed by atoms with Gasteiger partial charge in [-0.3, -0.25) is 4.79 Å². The van der Waals surface area contributed by atoms with Gasteiger partial charge in [-0.1, -0.05) is 6.07 Å². The summed E-state index contributed by atoms with van der Waals surface area (Å²) in [5.41, 5.74) is 4.62. The van der Waals surface area contributed by atoms with E-state index in [4.69, 9.17) is 4.74 Å². The van der Waals surface area contributed by atoms with Gasteiger partial charge in [-0.25, -0.2) is 0 Å². The highest BCUT2D eigenvalue weighted by atomic mass is 32.1. The summed E-state index contributed by atoms with van der Waals surface area (Å²) in [5, 5.41) is 4.92. The number of carbonyl (C=O) groups excluding carboxylic acids is 1. The van der Waals surface area contributed by atoms with Crippen LogP contribution in [0.25, 0.3) is 0 Å². The molecule has 1 amide bonds. The van der Waals surface area contributed by atoms with Gasteiger partial charge >= 0.3 is 0 Å². The quantitative estimate of drug-likeness (QED) is 0.834. The Labute approximate surface area is 148 Å². The molecule has 0 saturated carbocycles. The van der Waals surface area contributed by atoms with Gasteiger partial charge in [0.15, 0.2) is 0 Å². The first-order valence-electron chi connectivity index (χ1n) is 8.08. The van der Waals surface area contributed by atoms with E-state index in [1.54, 1.807) is 0 Å². The third-order valence-corrected chi connectivity index (χ3v) is 4.86. The zero-order chi connectivity index (χ0) is 17.7. The van der Waals surface area contributed by atoms with E-state index < -0.39 is 0 Å². The zero-order valence-electron chi connectivity index (χ0n) is 15.1. The lowest BCUT2D eigenvalue weighted by Gasteiger charge is -2.11. The standard InChI is InChI=1S/C19H26N2O2S/c1-13-8-14(2)15(3)17(9-13)23-11-16-10-18(24-12-16)19(22)20-6-7-21(4)5/h8-10,12H,6-7,11H2,1-5H3,(H,20,22). The third-order valence-electron chi connectivity index (χ3n) is 3.88. The number of rotatable bonds is 7. The van der Waals surface area contributed by atoms with Crippen LogP contribution in [-0.2, 0) is 6.61 Å². The second-order valence-electron chi connectivity index (χ2n) is 6.37. The maximum Gasteiger partial charge on any atom is 0.261 e. The molecule has 0 spiro atoms.